The molecule has 3 rings (SSSR count). The zero-order valence-electron chi connectivity index (χ0n) is 16.0. The predicted octanol–water partition coefficient (Wildman–Crippen LogP) is 3.02. The maximum atomic E-state index is 13.2. The summed E-state index contributed by atoms with van der Waals surface area (Å²) in [5.41, 5.74) is 0.623. The molecule has 10 heteroatoms. The van der Waals surface area contributed by atoms with Crippen molar-refractivity contribution in [1.29, 1.82) is 0 Å². The van der Waals surface area contributed by atoms with Crippen molar-refractivity contribution < 1.29 is 26.8 Å². The van der Waals surface area contributed by atoms with Crippen LogP contribution in [0.25, 0.3) is 0 Å². The summed E-state index contributed by atoms with van der Waals surface area (Å²) in [4.78, 5) is 24.2. The molecule has 0 aliphatic carbocycles. The minimum absolute atomic E-state index is 0.0292. The number of hydrogen-bond acceptors (Lipinski definition) is 5. The summed E-state index contributed by atoms with van der Waals surface area (Å²) in [5.74, 6) is -2.48. The zero-order chi connectivity index (χ0) is 22.4. The van der Waals surface area contributed by atoms with Crippen LogP contribution in [-0.2, 0) is 26.0 Å². The van der Waals surface area contributed by atoms with Crippen LogP contribution in [0.1, 0.15) is 16.6 Å². The van der Waals surface area contributed by atoms with E-state index in [1.807, 2.05) is 0 Å². The quantitative estimate of drug-likeness (QED) is 0.413. The van der Waals surface area contributed by atoms with Crippen molar-refractivity contribution in [2.75, 3.05) is 6.54 Å². The van der Waals surface area contributed by atoms with Crippen LogP contribution in [0.3, 0.4) is 0 Å². The van der Waals surface area contributed by atoms with E-state index in [1.54, 1.807) is 24.3 Å². The normalized spacial score (nSPS) is 12.2. The number of carbonyl (C=O) groups is 2. The third kappa shape index (κ3) is 5.50. The number of nitrogens with one attached hydrogen (secondary N) is 2. The van der Waals surface area contributed by atoms with Gasteiger partial charge in [0.2, 0.25) is 0 Å². The van der Waals surface area contributed by atoms with E-state index in [2.05, 4.69) is 10.6 Å². The minimum atomic E-state index is -4.05. The van der Waals surface area contributed by atoms with E-state index in [0.717, 1.165) is 24.3 Å². The number of rotatable bonds is 7. The van der Waals surface area contributed by atoms with Crippen molar-refractivity contribution in [2.24, 2.45) is 0 Å². The van der Waals surface area contributed by atoms with E-state index >= 15 is 0 Å². The molecule has 0 radical (unpaired) electrons. The van der Waals surface area contributed by atoms with Gasteiger partial charge in [0, 0.05) is 18.1 Å². The van der Waals surface area contributed by atoms with Crippen molar-refractivity contribution in [2.45, 2.75) is 16.7 Å². The SMILES string of the molecule is O=C(NCc1ccccc1Cl)C(=O)NCC(c1ccco1)S(=O)(=O)c1ccc(F)cc1. The van der Waals surface area contributed by atoms with Crippen molar-refractivity contribution >= 4 is 33.3 Å². The Bertz CT molecular complexity index is 1160. The van der Waals surface area contributed by atoms with Crippen LogP contribution in [0.4, 0.5) is 4.39 Å². The number of furan rings is 1. The highest BCUT2D eigenvalue weighted by atomic mass is 35.5. The highest BCUT2D eigenvalue weighted by Crippen LogP contribution is 2.29. The Labute approximate surface area is 183 Å². The van der Waals surface area contributed by atoms with Gasteiger partial charge in [0.15, 0.2) is 9.84 Å². The van der Waals surface area contributed by atoms with Crippen LogP contribution >= 0.6 is 11.6 Å². The number of sulfone groups is 1. The first-order valence-electron chi connectivity index (χ1n) is 9.11. The van der Waals surface area contributed by atoms with Crippen LogP contribution in [-0.4, -0.2) is 26.8 Å². The molecule has 1 heterocycles. The van der Waals surface area contributed by atoms with Gasteiger partial charge in [-0.05, 0) is 48.0 Å². The van der Waals surface area contributed by atoms with Gasteiger partial charge in [-0.15, -0.1) is 0 Å². The second-order valence-corrected chi connectivity index (χ2v) is 9.02. The van der Waals surface area contributed by atoms with E-state index in [0.29, 0.717) is 10.6 Å². The maximum absolute atomic E-state index is 13.2. The summed E-state index contributed by atoms with van der Waals surface area (Å²) >= 11 is 6.01. The highest BCUT2D eigenvalue weighted by molar-refractivity contribution is 7.91. The molecule has 162 valence electrons. The smallest absolute Gasteiger partial charge is 0.309 e. The number of hydrogen-bond donors (Lipinski definition) is 2. The van der Waals surface area contributed by atoms with Gasteiger partial charge in [0.25, 0.3) is 0 Å². The van der Waals surface area contributed by atoms with Crippen molar-refractivity contribution in [3.05, 3.63) is 89.1 Å². The van der Waals surface area contributed by atoms with E-state index in [4.69, 9.17) is 16.0 Å². The Morgan fingerprint density at radius 3 is 2.29 bits per heavy atom. The number of benzene rings is 2. The maximum Gasteiger partial charge on any atom is 0.309 e. The summed E-state index contributed by atoms with van der Waals surface area (Å²) in [6, 6.07) is 14.0. The Balaban J connectivity index is 1.69. The first kappa shape index (κ1) is 22.5. The molecule has 2 aromatic carbocycles. The largest absolute Gasteiger partial charge is 0.468 e. The first-order valence-corrected chi connectivity index (χ1v) is 11.0. The van der Waals surface area contributed by atoms with Gasteiger partial charge in [0.1, 0.15) is 16.8 Å². The lowest BCUT2D eigenvalue weighted by Gasteiger charge is -2.16. The Hall–Kier alpha value is -3.17. The van der Waals surface area contributed by atoms with E-state index in [-0.39, 0.29) is 17.2 Å². The summed E-state index contributed by atoms with van der Waals surface area (Å²) in [7, 11) is -4.05. The topological polar surface area (TPSA) is 105 Å². The average Bonchev–Trinajstić information content (AvgIpc) is 3.27. The van der Waals surface area contributed by atoms with Crippen molar-refractivity contribution in [3.63, 3.8) is 0 Å². The fourth-order valence-electron chi connectivity index (χ4n) is 2.79. The number of amides is 2. The summed E-state index contributed by atoms with van der Waals surface area (Å²) in [5, 5.41) is 3.86. The molecule has 1 aromatic heterocycles. The fraction of sp³-hybridized carbons (Fsp3) is 0.143. The van der Waals surface area contributed by atoms with Crippen molar-refractivity contribution in [3.8, 4) is 0 Å². The van der Waals surface area contributed by atoms with E-state index in [1.165, 1.54) is 18.4 Å². The van der Waals surface area contributed by atoms with E-state index < -0.39 is 39.3 Å². The molecule has 0 saturated heterocycles. The molecule has 0 bridgehead atoms. The Morgan fingerprint density at radius 2 is 1.65 bits per heavy atom. The second-order valence-electron chi connectivity index (χ2n) is 6.49. The van der Waals surface area contributed by atoms with Gasteiger partial charge >= 0.3 is 11.8 Å². The molecule has 0 aliphatic rings. The van der Waals surface area contributed by atoms with E-state index in [9.17, 15) is 22.4 Å². The Kier molecular flexibility index (Phi) is 7.09. The molecular weight excluding hydrogens is 447 g/mol. The second kappa shape index (κ2) is 9.76. The molecule has 0 fully saturated rings. The fourth-order valence-corrected chi connectivity index (χ4v) is 4.58. The zero-order valence-corrected chi connectivity index (χ0v) is 17.6. The van der Waals surface area contributed by atoms with Crippen LogP contribution in [0, 0.1) is 5.82 Å². The lowest BCUT2D eigenvalue weighted by Crippen LogP contribution is -2.42. The van der Waals surface area contributed by atoms with Gasteiger partial charge < -0.3 is 15.1 Å². The highest BCUT2D eigenvalue weighted by Gasteiger charge is 2.32. The number of halogens is 2. The Morgan fingerprint density at radius 1 is 0.968 bits per heavy atom. The summed E-state index contributed by atoms with van der Waals surface area (Å²) in [6.07, 6.45) is 1.29. The minimum Gasteiger partial charge on any atom is -0.468 e. The first-order chi connectivity index (χ1) is 14.8. The van der Waals surface area contributed by atoms with Gasteiger partial charge in [-0.1, -0.05) is 29.8 Å². The van der Waals surface area contributed by atoms with Crippen LogP contribution in [0.5, 0.6) is 0 Å². The lowest BCUT2D eigenvalue weighted by atomic mass is 10.2. The molecule has 0 spiro atoms. The summed E-state index contributed by atoms with van der Waals surface area (Å²) in [6.45, 7) is -0.396. The van der Waals surface area contributed by atoms with Crippen LogP contribution in [0.15, 0.2) is 76.2 Å². The van der Waals surface area contributed by atoms with Gasteiger partial charge in [-0.3, -0.25) is 9.59 Å². The molecule has 3 aromatic rings. The summed E-state index contributed by atoms with van der Waals surface area (Å²) < 4.78 is 44.5. The van der Waals surface area contributed by atoms with Crippen LogP contribution in [0.2, 0.25) is 5.02 Å². The molecule has 2 N–H and O–H groups in total. The lowest BCUT2D eigenvalue weighted by molar-refractivity contribution is -0.139. The molecule has 1 atom stereocenters. The standard InChI is InChI=1S/C21H18ClFN2O5S/c22-17-5-2-1-4-14(17)12-24-20(26)21(27)25-13-19(18-6-3-11-30-18)31(28,29)16-9-7-15(23)8-10-16/h1-11,19H,12-13H2,(H,24,26)(H,25,27). The monoisotopic (exact) mass is 464 g/mol. The molecule has 31 heavy (non-hydrogen) atoms. The van der Waals surface area contributed by atoms with Gasteiger partial charge in [-0.25, -0.2) is 12.8 Å². The molecule has 2 amide bonds. The van der Waals surface area contributed by atoms with Gasteiger partial charge in [-0.2, -0.15) is 0 Å². The molecule has 0 saturated carbocycles. The van der Waals surface area contributed by atoms with Gasteiger partial charge in [0.05, 0.1) is 11.2 Å². The number of carbonyl (C=O) groups excluding carboxylic acids is 2. The molecule has 7 nitrogen and oxygen atoms in total. The molecule has 0 aliphatic heterocycles. The third-order valence-corrected chi connectivity index (χ3v) is 6.87. The average molecular weight is 465 g/mol. The van der Waals surface area contributed by atoms with Crippen LogP contribution < -0.4 is 10.6 Å². The predicted molar refractivity (Wildman–Crippen MR) is 111 cm³/mol. The molecule has 1 unspecified atom stereocenters. The van der Waals surface area contributed by atoms with Crippen molar-refractivity contribution in [1.82, 2.24) is 10.6 Å². The molecular formula is C21H18ClFN2O5S. The third-order valence-electron chi connectivity index (χ3n) is 4.43.